The van der Waals surface area contributed by atoms with Crippen molar-refractivity contribution in [2.24, 2.45) is 0 Å². The SMILES string of the molecule is Cc1cccc(C)c1OCC(=O)N1CCN(C(=O)c2ccc(F)cc2Cl)CC1. The lowest BCUT2D eigenvalue weighted by Crippen LogP contribution is -2.51. The van der Waals surface area contributed by atoms with E-state index < -0.39 is 5.82 Å². The number of halogens is 2. The maximum Gasteiger partial charge on any atom is 0.260 e. The van der Waals surface area contributed by atoms with Crippen molar-refractivity contribution >= 4 is 23.4 Å². The minimum Gasteiger partial charge on any atom is -0.483 e. The van der Waals surface area contributed by atoms with Gasteiger partial charge in [0.15, 0.2) is 6.61 Å². The molecule has 0 saturated carbocycles. The standard InChI is InChI=1S/C21H22ClFN2O3/c1-14-4-3-5-15(2)20(14)28-13-19(26)24-8-10-25(11-9-24)21(27)17-7-6-16(23)12-18(17)22/h3-7,12H,8-11,13H2,1-2H3. The van der Waals surface area contributed by atoms with Gasteiger partial charge in [-0.15, -0.1) is 0 Å². The quantitative estimate of drug-likeness (QED) is 0.784. The molecule has 1 aliphatic heterocycles. The van der Waals surface area contributed by atoms with Crippen molar-refractivity contribution in [2.75, 3.05) is 32.8 Å². The molecule has 1 fully saturated rings. The number of nitrogens with zero attached hydrogens (tertiary/aromatic N) is 2. The van der Waals surface area contributed by atoms with Gasteiger partial charge in [-0.1, -0.05) is 29.8 Å². The van der Waals surface area contributed by atoms with Crippen LogP contribution in [0.15, 0.2) is 36.4 Å². The van der Waals surface area contributed by atoms with Gasteiger partial charge in [0.1, 0.15) is 11.6 Å². The van der Waals surface area contributed by atoms with Gasteiger partial charge in [-0.25, -0.2) is 4.39 Å². The first-order valence-electron chi connectivity index (χ1n) is 9.08. The summed E-state index contributed by atoms with van der Waals surface area (Å²) in [5, 5.41) is 0.0884. The molecule has 2 aromatic carbocycles. The highest BCUT2D eigenvalue weighted by Gasteiger charge is 2.26. The third-order valence-corrected chi connectivity index (χ3v) is 5.14. The number of ether oxygens (including phenoxy) is 1. The number of rotatable bonds is 4. The van der Waals surface area contributed by atoms with Crippen molar-refractivity contribution in [2.45, 2.75) is 13.8 Å². The largest absolute Gasteiger partial charge is 0.483 e. The van der Waals surface area contributed by atoms with Gasteiger partial charge >= 0.3 is 0 Å². The summed E-state index contributed by atoms with van der Waals surface area (Å²) in [6, 6.07) is 9.55. The second kappa shape index (κ2) is 8.61. The van der Waals surface area contributed by atoms with Gasteiger partial charge in [0, 0.05) is 26.2 Å². The van der Waals surface area contributed by atoms with E-state index in [2.05, 4.69) is 0 Å². The third kappa shape index (κ3) is 4.44. The van der Waals surface area contributed by atoms with Crippen LogP contribution < -0.4 is 4.74 Å². The zero-order valence-corrected chi connectivity index (χ0v) is 16.6. The molecule has 0 unspecified atom stereocenters. The molecule has 1 aliphatic rings. The van der Waals surface area contributed by atoms with Crippen molar-refractivity contribution in [3.8, 4) is 5.75 Å². The van der Waals surface area contributed by atoms with Gasteiger partial charge in [-0.3, -0.25) is 9.59 Å². The summed E-state index contributed by atoms with van der Waals surface area (Å²) in [5.41, 5.74) is 2.24. The first-order chi connectivity index (χ1) is 13.4. The Morgan fingerprint density at radius 3 is 2.25 bits per heavy atom. The molecular weight excluding hydrogens is 383 g/mol. The second-order valence-electron chi connectivity index (χ2n) is 6.81. The molecular formula is C21H22ClFN2O3. The molecule has 0 bridgehead atoms. The van der Waals surface area contributed by atoms with E-state index in [-0.39, 0.29) is 29.0 Å². The highest BCUT2D eigenvalue weighted by atomic mass is 35.5. The van der Waals surface area contributed by atoms with Gasteiger partial charge in [0.2, 0.25) is 0 Å². The molecule has 0 aromatic heterocycles. The second-order valence-corrected chi connectivity index (χ2v) is 7.21. The molecule has 3 rings (SSSR count). The Morgan fingerprint density at radius 2 is 1.64 bits per heavy atom. The van der Waals surface area contributed by atoms with Crippen molar-refractivity contribution < 1.29 is 18.7 Å². The van der Waals surface area contributed by atoms with E-state index in [4.69, 9.17) is 16.3 Å². The van der Waals surface area contributed by atoms with Gasteiger partial charge in [0.05, 0.1) is 10.6 Å². The first-order valence-corrected chi connectivity index (χ1v) is 9.45. The van der Waals surface area contributed by atoms with Crippen LogP contribution in [0.5, 0.6) is 5.75 Å². The van der Waals surface area contributed by atoms with Crippen LogP contribution >= 0.6 is 11.6 Å². The van der Waals surface area contributed by atoms with Crippen LogP contribution in [0.4, 0.5) is 4.39 Å². The molecule has 7 heteroatoms. The highest BCUT2D eigenvalue weighted by molar-refractivity contribution is 6.33. The Morgan fingerprint density at radius 1 is 1.04 bits per heavy atom. The van der Waals surface area contributed by atoms with E-state index in [0.29, 0.717) is 26.2 Å². The molecule has 5 nitrogen and oxygen atoms in total. The molecule has 0 radical (unpaired) electrons. The lowest BCUT2D eigenvalue weighted by molar-refractivity contribution is -0.134. The molecule has 28 heavy (non-hydrogen) atoms. The summed E-state index contributed by atoms with van der Waals surface area (Å²) in [5.74, 6) is -0.130. The maximum absolute atomic E-state index is 13.2. The fourth-order valence-corrected chi connectivity index (χ4v) is 3.49. The number of piperazine rings is 1. The predicted molar refractivity (Wildman–Crippen MR) is 105 cm³/mol. The molecule has 148 valence electrons. The lowest BCUT2D eigenvalue weighted by Gasteiger charge is -2.35. The topological polar surface area (TPSA) is 49.9 Å². The minimum atomic E-state index is -0.485. The van der Waals surface area contributed by atoms with E-state index in [1.807, 2.05) is 32.0 Å². The van der Waals surface area contributed by atoms with Gasteiger partial charge < -0.3 is 14.5 Å². The number of carbonyl (C=O) groups excluding carboxylic acids is 2. The van der Waals surface area contributed by atoms with Gasteiger partial charge in [-0.05, 0) is 43.2 Å². The van der Waals surface area contributed by atoms with Crippen molar-refractivity contribution in [1.82, 2.24) is 9.80 Å². The normalized spacial score (nSPS) is 14.1. The molecule has 1 saturated heterocycles. The summed E-state index contributed by atoms with van der Waals surface area (Å²) in [4.78, 5) is 28.4. The summed E-state index contributed by atoms with van der Waals surface area (Å²) in [7, 11) is 0. The Kier molecular flexibility index (Phi) is 6.19. The van der Waals surface area contributed by atoms with Crippen LogP contribution in [0.3, 0.4) is 0 Å². The fourth-order valence-electron chi connectivity index (χ4n) is 3.24. The third-order valence-electron chi connectivity index (χ3n) is 4.83. The number of hydrogen-bond donors (Lipinski definition) is 0. The zero-order valence-electron chi connectivity index (χ0n) is 15.9. The Balaban J connectivity index is 1.54. The van der Waals surface area contributed by atoms with Crippen LogP contribution in [-0.2, 0) is 4.79 Å². The van der Waals surface area contributed by atoms with E-state index in [1.165, 1.54) is 12.1 Å². The Hall–Kier alpha value is -2.60. The first kappa shape index (κ1) is 20.1. The molecule has 2 aromatic rings. The number of para-hydroxylation sites is 1. The van der Waals surface area contributed by atoms with Crippen LogP contribution in [0, 0.1) is 19.7 Å². The molecule has 2 amide bonds. The van der Waals surface area contributed by atoms with Crippen LogP contribution in [0.2, 0.25) is 5.02 Å². The number of benzene rings is 2. The molecule has 0 atom stereocenters. The molecule has 0 spiro atoms. The molecule has 1 heterocycles. The van der Waals surface area contributed by atoms with Crippen molar-refractivity contribution in [3.63, 3.8) is 0 Å². The summed E-state index contributed by atoms with van der Waals surface area (Å²) < 4.78 is 18.9. The van der Waals surface area contributed by atoms with E-state index in [9.17, 15) is 14.0 Å². The van der Waals surface area contributed by atoms with Gasteiger partial charge in [0.25, 0.3) is 11.8 Å². The highest BCUT2D eigenvalue weighted by Crippen LogP contribution is 2.23. The predicted octanol–water partition coefficient (Wildman–Crippen LogP) is 3.46. The summed E-state index contributed by atoms with van der Waals surface area (Å²) in [6.45, 7) is 5.46. The van der Waals surface area contributed by atoms with Crippen LogP contribution in [0.1, 0.15) is 21.5 Å². The smallest absolute Gasteiger partial charge is 0.260 e. The molecule has 0 aliphatic carbocycles. The van der Waals surface area contributed by atoms with Crippen LogP contribution in [-0.4, -0.2) is 54.4 Å². The summed E-state index contributed by atoms with van der Waals surface area (Å²) >= 11 is 5.98. The average Bonchev–Trinajstić information content (AvgIpc) is 2.67. The zero-order chi connectivity index (χ0) is 20.3. The number of hydrogen-bond acceptors (Lipinski definition) is 3. The maximum atomic E-state index is 13.2. The monoisotopic (exact) mass is 404 g/mol. The van der Waals surface area contributed by atoms with Crippen LogP contribution in [0.25, 0.3) is 0 Å². The van der Waals surface area contributed by atoms with E-state index in [1.54, 1.807) is 9.80 Å². The number of amides is 2. The van der Waals surface area contributed by atoms with Crippen molar-refractivity contribution in [3.05, 3.63) is 63.9 Å². The number of carbonyl (C=O) groups is 2. The Bertz CT molecular complexity index is 875. The van der Waals surface area contributed by atoms with E-state index in [0.717, 1.165) is 22.9 Å². The lowest BCUT2D eigenvalue weighted by atomic mass is 10.1. The minimum absolute atomic E-state index is 0.0383. The number of aryl methyl sites for hydroxylation is 2. The van der Waals surface area contributed by atoms with Gasteiger partial charge in [-0.2, -0.15) is 0 Å². The average molecular weight is 405 g/mol. The molecule has 0 N–H and O–H groups in total. The summed E-state index contributed by atoms with van der Waals surface area (Å²) in [6.07, 6.45) is 0. The van der Waals surface area contributed by atoms with E-state index >= 15 is 0 Å². The fraction of sp³-hybridized carbons (Fsp3) is 0.333. The van der Waals surface area contributed by atoms with Crippen molar-refractivity contribution in [1.29, 1.82) is 0 Å². The Labute approximate surface area is 168 Å².